The molecule has 6 nitrogen and oxygen atoms in total. The summed E-state index contributed by atoms with van der Waals surface area (Å²) < 4.78 is 4.45. The van der Waals surface area contributed by atoms with Gasteiger partial charge in [0.25, 0.3) is 0 Å². The lowest BCUT2D eigenvalue weighted by atomic mass is 9.98. The Labute approximate surface area is 304 Å². The number of rotatable bonds is 18. The second-order valence-electron chi connectivity index (χ2n) is 13.7. The van der Waals surface area contributed by atoms with Crippen molar-refractivity contribution in [3.8, 4) is 0 Å². The highest BCUT2D eigenvalue weighted by atomic mass is 16.6. The Morgan fingerprint density at radius 2 is 1.22 bits per heavy atom. The average molecular weight is 680 g/mol. The van der Waals surface area contributed by atoms with E-state index in [4.69, 9.17) is 9.82 Å². The zero-order valence-corrected chi connectivity index (χ0v) is 31.0. The molecule has 0 aliphatic rings. The maximum atomic E-state index is 5.86. The second-order valence-corrected chi connectivity index (χ2v) is 13.7. The minimum Gasteiger partial charge on any atom is -0.407 e. The molecule has 0 saturated heterocycles. The fourth-order valence-corrected chi connectivity index (χ4v) is 6.23. The number of aromatic nitrogens is 4. The van der Waals surface area contributed by atoms with Gasteiger partial charge in [-0.05, 0) is 89.8 Å². The number of benzene rings is 3. The molecule has 2 heterocycles. The Bertz CT molecular complexity index is 1900. The van der Waals surface area contributed by atoms with Crippen molar-refractivity contribution in [2.24, 2.45) is 0 Å². The Morgan fingerprint density at radius 3 is 1.78 bits per heavy atom. The van der Waals surface area contributed by atoms with Crippen molar-refractivity contribution < 1.29 is 9.40 Å². The monoisotopic (exact) mass is 679 g/mol. The Hall–Kier alpha value is -5.07. The average Bonchev–Trinajstić information content (AvgIpc) is 3.51. The lowest BCUT2D eigenvalue weighted by Gasteiger charge is -2.17. The molecule has 6 heteroatoms. The van der Waals surface area contributed by atoms with E-state index in [9.17, 15) is 0 Å². The first-order valence-electron chi connectivity index (χ1n) is 18.2. The zero-order valence-electron chi connectivity index (χ0n) is 31.0. The SMILES string of the molecule is CC(C)=CCC/C(C)=C/CC/C(C)=C/CC/C(C)=C/Cn1c[n+](C(c2ccccc2)c2ccccc2)c2ncnc([N-]OCc3ccccc3)c21. The third-order valence-electron chi connectivity index (χ3n) is 9.10. The van der Waals surface area contributed by atoms with Crippen LogP contribution in [0.1, 0.15) is 95.9 Å². The van der Waals surface area contributed by atoms with E-state index in [0.29, 0.717) is 19.0 Å². The fraction of sp³-hybridized carbons (Fsp3) is 0.311. The number of nitrogens with zero attached hydrogens (tertiary/aromatic N) is 5. The molecule has 0 unspecified atom stereocenters. The molecule has 5 aromatic rings. The number of imidazole rings is 1. The molecule has 0 radical (unpaired) electrons. The molecule has 0 bridgehead atoms. The van der Waals surface area contributed by atoms with Crippen molar-refractivity contribution in [2.45, 2.75) is 92.3 Å². The van der Waals surface area contributed by atoms with Gasteiger partial charge in [-0.2, -0.15) is 0 Å². The van der Waals surface area contributed by atoms with Gasteiger partial charge in [0.1, 0.15) is 6.04 Å². The van der Waals surface area contributed by atoms with Gasteiger partial charge < -0.3 is 15.3 Å². The van der Waals surface area contributed by atoms with Crippen LogP contribution in [-0.2, 0) is 18.0 Å². The molecular formula is C45H53N5O. The van der Waals surface area contributed by atoms with E-state index < -0.39 is 0 Å². The molecular weight excluding hydrogens is 627 g/mol. The summed E-state index contributed by atoms with van der Waals surface area (Å²) in [6.45, 7) is 12.1. The van der Waals surface area contributed by atoms with Gasteiger partial charge in [-0.25, -0.2) is 4.57 Å². The van der Waals surface area contributed by atoms with Crippen LogP contribution in [0, 0.1) is 0 Å². The van der Waals surface area contributed by atoms with E-state index in [-0.39, 0.29) is 6.04 Å². The highest BCUT2D eigenvalue weighted by Crippen LogP contribution is 2.29. The van der Waals surface area contributed by atoms with Crippen molar-refractivity contribution in [1.82, 2.24) is 14.5 Å². The lowest BCUT2D eigenvalue weighted by Crippen LogP contribution is -2.40. The van der Waals surface area contributed by atoms with E-state index in [1.165, 1.54) is 33.4 Å². The molecule has 0 aliphatic carbocycles. The van der Waals surface area contributed by atoms with Crippen molar-refractivity contribution in [3.63, 3.8) is 0 Å². The Balaban J connectivity index is 1.35. The predicted octanol–water partition coefficient (Wildman–Crippen LogP) is 11.6. The molecule has 0 fully saturated rings. The highest BCUT2D eigenvalue weighted by Gasteiger charge is 2.27. The molecule has 0 spiro atoms. The van der Waals surface area contributed by atoms with Crippen LogP contribution in [0.25, 0.3) is 16.6 Å². The molecule has 51 heavy (non-hydrogen) atoms. The Kier molecular flexibility index (Phi) is 14.1. The fourth-order valence-electron chi connectivity index (χ4n) is 6.23. The van der Waals surface area contributed by atoms with Crippen molar-refractivity contribution in [1.29, 1.82) is 0 Å². The van der Waals surface area contributed by atoms with Gasteiger partial charge in [0.2, 0.25) is 0 Å². The van der Waals surface area contributed by atoms with Crippen LogP contribution in [0.4, 0.5) is 5.82 Å². The molecule has 5 rings (SSSR count). The third-order valence-corrected chi connectivity index (χ3v) is 9.10. The summed E-state index contributed by atoms with van der Waals surface area (Å²) in [5.41, 5.74) is 15.3. The largest absolute Gasteiger partial charge is 0.407 e. The molecule has 0 atom stereocenters. The summed E-state index contributed by atoms with van der Waals surface area (Å²) in [5, 5.41) is 0. The van der Waals surface area contributed by atoms with Gasteiger partial charge in [-0.3, -0.25) is 4.57 Å². The van der Waals surface area contributed by atoms with Crippen LogP contribution < -0.4 is 4.57 Å². The lowest BCUT2D eigenvalue weighted by molar-refractivity contribution is -0.682. The molecule has 3 aromatic carbocycles. The van der Waals surface area contributed by atoms with Gasteiger partial charge in [0.15, 0.2) is 11.8 Å². The minimum absolute atomic E-state index is 0.0849. The van der Waals surface area contributed by atoms with Crippen LogP contribution in [0.2, 0.25) is 0 Å². The maximum Gasteiger partial charge on any atom is 0.302 e. The number of hydrogen-bond acceptors (Lipinski definition) is 3. The summed E-state index contributed by atoms with van der Waals surface area (Å²) in [7, 11) is 0. The van der Waals surface area contributed by atoms with Crippen LogP contribution in [-0.4, -0.2) is 14.5 Å². The van der Waals surface area contributed by atoms with Crippen molar-refractivity contribution in [3.05, 3.63) is 172 Å². The summed E-state index contributed by atoms with van der Waals surface area (Å²) in [4.78, 5) is 15.3. The number of hydrogen-bond donors (Lipinski definition) is 0. The topological polar surface area (TPSA) is 57.9 Å². The van der Waals surface area contributed by atoms with Crippen LogP contribution >= 0.6 is 0 Å². The van der Waals surface area contributed by atoms with E-state index in [0.717, 1.165) is 55.3 Å². The summed E-state index contributed by atoms with van der Waals surface area (Å²) in [5.74, 6) is 0.514. The minimum atomic E-state index is -0.0849. The normalized spacial score (nSPS) is 12.5. The van der Waals surface area contributed by atoms with Crippen LogP contribution in [0.3, 0.4) is 0 Å². The van der Waals surface area contributed by atoms with Crippen molar-refractivity contribution in [2.75, 3.05) is 0 Å². The predicted molar refractivity (Wildman–Crippen MR) is 211 cm³/mol. The van der Waals surface area contributed by atoms with E-state index in [1.54, 1.807) is 6.33 Å². The van der Waals surface area contributed by atoms with Gasteiger partial charge in [0.05, 0.1) is 19.5 Å². The summed E-state index contributed by atoms with van der Waals surface area (Å²) in [6.07, 6.45) is 19.7. The number of fused-ring (bicyclic) bond motifs is 1. The van der Waals surface area contributed by atoms with E-state index in [2.05, 4.69) is 146 Å². The van der Waals surface area contributed by atoms with Gasteiger partial charge in [0, 0.05) is 5.82 Å². The molecule has 264 valence electrons. The van der Waals surface area contributed by atoms with Gasteiger partial charge >= 0.3 is 5.65 Å². The molecule has 0 amide bonds. The summed E-state index contributed by atoms with van der Waals surface area (Å²) >= 11 is 0. The van der Waals surface area contributed by atoms with Crippen LogP contribution in [0.5, 0.6) is 0 Å². The van der Waals surface area contributed by atoms with Gasteiger partial charge in [-0.15, -0.1) is 4.98 Å². The van der Waals surface area contributed by atoms with E-state index >= 15 is 0 Å². The standard InChI is InChI=1S/C45H53N5O/c1-35(2)18-15-19-36(3)20-16-21-37(4)22-17-23-38(5)30-31-49-34-50(42(40-26-11-7-12-27-40)41-28-13-8-14-29-41)45-43(49)44(46-33-47-45)48-51-32-39-24-9-6-10-25-39/h6-14,18,20,22,24-30,33-34,42H,15-17,19,21,23,31-32H2,1-5H3/b36-20+,37-22+,38-30+. The van der Waals surface area contributed by atoms with Crippen LogP contribution in [0.15, 0.2) is 150 Å². The highest BCUT2D eigenvalue weighted by molar-refractivity contribution is 5.81. The maximum absolute atomic E-state index is 5.86. The first-order chi connectivity index (χ1) is 24.9. The van der Waals surface area contributed by atoms with Gasteiger partial charge in [-0.1, -0.05) is 138 Å². The second kappa shape index (κ2) is 19.4. The third kappa shape index (κ3) is 11.2. The first kappa shape index (κ1) is 37.2. The molecule has 2 aromatic heterocycles. The summed E-state index contributed by atoms with van der Waals surface area (Å²) in [6, 6.07) is 31.1. The Morgan fingerprint density at radius 1 is 0.686 bits per heavy atom. The molecule has 0 saturated carbocycles. The zero-order chi connectivity index (χ0) is 35.8. The smallest absolute Gasteiger partial charge is 0.302 e. The van der Waals surface area contributed by atoms with Crippen molar-refractivity contribution >= 4 is 17.0 Å². The van der Waals surface area contributed by atoms with E-state index in [1.807, 2.05) is 30.3 Å². The number of allylic oxidation sites excluding steroid dienone is 8. The first-order valence-corrected chi connectivity index (χ1v) is 18.2. The molecule has 0 aliphatic heterocycles. The molecule has 0 N–H and O–H groups in total. The quantitative estimate of drug-likeness (QED) is 0.0526.